The van der Waals surface area contributed by atoms with Gasteiger partial charge in [0, 0.05) is 53.6 Å². The normalized spacial score (nSPS) is 20.7. The van der Waals surface area contributed by atoms with Gasteiger partial charge >= 0.3 is 11.9 Å². The standard InChI is InChI=1S/C32H37N3O9S/c1-15-8-16(2)28(40-7)27(38)20(15)10-34(6)18(4)21(9-33)35-11-24-26-25(22(35)12-41-32(39)23(37)13-45-24)31-30(42-14-43-31)17(3)29(26)44-19(5)36/h8,18,21-22,24,38H,10-14H2,1-7H3/t18?,21-,22-,24?/m0/s1. The first-order valence-electron chi connectivity index (χ1n) is 14.6. The zero-order valence-electron chi connectivity index (χ0n) is 26.4. The maximum Gasteiger partial charge on any atom is 0.375 e. The van der Waals surface area contributed by atoms with E-state index in [4.69, 9.17) is 23.7 Å². The van der Waals surface area contributed by atoms with E-state index in [1.807, 2.05) is 43.7 Å². The first-order chi connectivity index (χ1) is 21.4. The molecule has 1 N–H and O–H groups in total. The van der Waals surface area contributed by atoms with Gasteiger partial charge in [-0.1, -0.05) is 6.07 Å². The van der Waals surface area contributed by atoms with Crippen LogP contribution in [0.4, 0.5) is 0 Å². The molecule has 0 saturated carbocycles. The third-order valence-corrected chi connectivity index (χ3v) is 10.0. The van der Waals surface area contributed by atoms with Crippen LogP contribution in [0.25, 0.3) is 0 Å². The zero-order chi connectivity index (χ0) is 32.7. The van der Waals surface area contributed by atoms with Crippen molar-refractivity contribution in [3.63, 3.8) is 0 Å². The second-order valence-electron chi connectivity index (χ2n) is 11.6. The Bertz CT molecular complexity index is 1600. The first-order valence-corrected chi connectivity index (χ1v) is 15.6. The molecular formula is C32H37N3O9S. The third kappa shape index (κ3) is 5.78. The number of hydrogen-bond donors (Lipinski definition) is 1. The van der Waals surface area contributed by atoms with Gasteiger partial charge in [0.15, 0.2) is 23.0 Å². The van der Waals surface area contributed by atoms with Gasteiger partial charge in [0.2, 0.25) is 12.6 Å². The number of Topliss-reactive ketones (excluding diaryl/α,β-unsaturated/α-hetero) is 1. The van der Waals surface area contributed by atoms with Crippen molar-refractivity contribution in [3.05, 3.63) is 39.4 Å². The van der Waals surface area contributed by atoms with Crippen molar-refractivity contribution >= 4 is 29.5 Å². The fourth-order valence-electron chi connectivity index (χ4n) is 6.44. The lowest BCUT2D eigenvalue weighted by Crippen LogP contribution is -2.53. The fourth-order valence-corrected chi connectivity index (χ4v) is 7.59. The number of ketones is 1. The number of fused-ring (bicyclic) bond motifs is 8. The number of thioether (sulfide) groups is 1. The molecule has 0 radical (unpaired) electrons. The number of nitrogens with zero attached hydrogens (tertiary/aromatic N) is 3. The van der Waals surface area contributed by atoms with Gasteiger partial charge in [-0.15, -0.1) is 11.8 Å². The van der Waals surface area contributed by atoms with Crippen LogP contribution in [0, 0.1) is 32.1 Å². The van der Waals surface area contributed by atoms with E-state index in [2.05, 4.69) is 6.07 Å². The summed E-state index contributed by atoms with van der Waals surface area (Å²) in [6, 6.07) is 2.56. The van der Waals surface area contributed by atoms with E-state index in [-0.39, 0.29) is 30.9 Å². The van der Waals surface area contributed by atoms with Crippen molar-refractivity contribution in [1.82, 2.24) is 9.80 Å². The van der Waals surface area contributed by atoms with Crippen LogP contribution >= 0.6 is 11.8 Å². The van der Waals surface area contributed by atoms with Gasteiger partial charge < -0.3 is 28.8 Å². The largest absolute Gasteiger partial charge is 0.504 e. The van der Waals surface area contributed by atoms with E-state index >= 15 is 0 Å². The van der Waals surface area contributed by atoms with Crippen LogP contribution < -0.4 is 18.9 Å². The van der Waals surface area contributed by atoms with Crippen LogP contribution in [0.3, 0.4) is 0 Å². The molecule has 1 fully saturated rings. The molecule has 0 amide bonds. The summed E-state index contributed by atoms with van der Waals surface area (Å²) in [7, 11) is 3.38. The molecule has 13 heteroatoms. The summed E-state index contributed by atoms with van der Waals surface area (Å²) in [4.78, 5) is 41.4. The molecule has 2 unspecified atom stereocenters. The molecule has 45 heavy (non-hydrogen) atoms. The SMILES string of the molecule is COc1c(C)cc(C)c(CN(C)C(C)[C@H](C#N)N2CC3SCC(=O)C(=O)OC[C@H]2c2c4c(c(C)c(OC(C)=O)c23)OCO4)c1O. The minimum atomic E-state index is -0.948. The van der Waals surface area contributed by atoms with Gasteiger partial charge in [-0.3, -0.25) is 19.4 Å². The Kier molecular flexibility index (Phi) is 9.21. The quantitative estimate of drug-likeness (QED) is 0.267. The average molecular weight is 640 g/mol. The van der Waals surface area contributed by atoms with Gasteiger partial charge in [0.25, 0.3) is 0 Å². The summed E-state index contributed by atoms with van der Waals surface area (Å²) >= 11 is 1.22. The summed E-state index contributed by atoms with van der Waals surface area (Å²) in [6.45, 7) is 9.11. The Balaban J connectivity index is 1.60. The van der Waals surface area contributed by atoms with Crippen LogP contribution in [0.5, 0.6) is 28.7 Å². The summed E-state index contributed by atoms with van der Waals surface area (Å²) in [5, 5.41) is 21.2. The highest BCUT2D eigenvalue weighted by atomic mass is 32.2. The number of methoxy groups -OCH3 is 1. The first kappa shape index (κ1) is 32.4. The number of phenolic OH excluding ortho intramolecular Hbond substituents is 1. The Labute approximate surface area is 266 Å². The monoisotopic (exact) mass is 639 g/mol. The highest BCUT2D eigenvalue weighted by molar-refractivity contribution is 8.00. The molecule has 12 nitrogen and oxygen atoms in total. The molecule has 1 saturated heterocycles. The molecule has 5 rings (SSSR count). The molecule has 0 aromatic heterocycles. The van der Waals surface area contributed by atoms with Crippen molar-refractivity contribution < 1.29 is 43.2 Å². The molecule has 240 valence electrons. The molecular weight excluding hydrogens is 602 g/mol. The highest BCUT2D eigenvalue weighted by Crippen LogP contribution is 2.57. The number of aromatic hydroxyl groups is 1. The summed E-state index contributed by atoms with van der Waals surface area (Å²) in [5.74, 6) is -0.657. The van der Waals surface area contributed by atoms with Crippen LogP contribution in [-0.2, 0) is 25.7 Å². The average Bonchev–Trinajstić information content (AvgIpc) is 3.49. The van der Waals surface area contributed by atoms with Crippen molar-refractivity contribution in [2.45, 2.75) is 64.5 Å². The molecule has 3 aliphatic rings. The number of carbonyl (C=O) groups excluding carboxylic acids is 3. The van der Waals surface area contributed by atoms with Crippen LogP contribution in [0.1, 0.15) is 58.5 Å². The Morgan fingerprint density at radius 1 is 1.18 bits per heavy atom. The van der Waals surface area contributed by atoms with Crippen molar-refractivity contribution in [2.24, 2.45) is 0 Å². The fraction of sp³-hybridized carbons (Fsp3) is 0.500. The number of hydrogen-bond acceptors (Lipinski definition) is 13. The molecule has 2 bridgehead atoms. The smallest absolute Gasteiger partial charge is 0.375 e. The molecule has 3 aliphatic heterocycles. The van der Waals surface area contributed by atoms with E-state index in [1.54, 1.807) is 6.92 Å². The number of esters is 2. The lowest BCUT2D eigenvalue weighted by Gasteiger charge is -2.46. The van der Waals surface area contributed by atoms with Crippen LogP contribution in [0.2, 0.25) is 0 Å². The summed E-state index contributed by atoms with van der Waals surface area (Å²) in [6.07, 6.45) is 0. The topological polar surface area (TPSA) is 148 Å². The lowest BCUT2D eigenvalue weighted by molar-refractivity contribution is -0.154. The van der Waals surface area contributed by atoms with Gasteiger partial charge in [-0.05, 0) is 45.9 Å². The maximum absolute atomic E-state index is 12.6. The predicted molar refractivity (Wildman–Crippen MR) is 164 cm³/mol. The number of nitriles is 1. The number of phenols is 1. The number of ether oxygens (including phenoxy) is 5. The second kappa shape index (κ2) is 12.8. The van der Waals surface area contributed by atoms with Crippen LogP contribution in [0.15, 0.2) is 6.07 Å². The molecule has 0 aliphatic carbocycles. The number of benzene rings is 2. The highest BCUT2D eigenvalue weighted by Gasteiger charge is 2.47. The van der Waals surface area contributed by atoms with Crippen molar-refractivity contribution in [1.29, 1.82) is 5.26 Å². The number of likely N-dealkylation sites (N-methyl/N-ethyl adjacent to an activating group) is 1. The van der Waals surface area contributed by atoms with Gasteiger partial charge in [-0.2, -0.15) is 5.26 Å². The van der Waals surface area contributed by atoms with Crippen molar-refractivity contribution in [2.75, 3.05) is 39.9 Å². The molecule has 4 atom stereocenters. The number of carbonyl (C=O) groups is 3. The Morgan fingerprint density at radius 2 is 1.89 bits per heavy atom. The van der Waals surface area contributed by atoms with E-state index in [0.29, 0.717) is 58.3 Å². The molecule has 3 heterocycles. The maximum atomic E-state index is 12.6. The lowest BCUT2D eigenvalue weighted by atomic mass is 9.86. The Morgan fingerprint density at radius 3 is 2.56 bits per heavy atom. The third-order valence-electron chi connectivity index (χ3n) is 8.79. The number of rotatable bonds is 7. The minimum Gasteiger partial charge on any atom is -0.504 e. The van der Waals surface area contributed by atoms with Gasteiger partial charge in [-0.25, -0.2) is 4.79 Å². The molecule has 2 aromatic rings. The van der Waals surface area contributed by atoms with Crippen molar-refractivity contribution in [3.8, 4) is 34.8 Å². The summed E-state index contributed by atoms with van der Waals surface area (Å²) in [5.41, 5.74) is 4.24. The van der Waals surface area contributed by atoms with Gasteiger partial charge in [0.05, 0.1) is 25.0 Å². The zero-order valence-corrected chi connectivity index (χ0v) is 27.2. The molecule has 2 aromatic carbocycles. The second-order valence-corrected chi connectivity index (χ2v) is 12.8. The predicted octanol–water partition coefficient (Wildman–Crippen LogP) is 3.65. The molecule has 0 spiro atoms. The van der Waals surface area contributed by atoms with E-state index in [0.717, 1.165) is 11.1 Å². The van der Waals surface area contributed by atoms with E-state index in [1.165, 1.54) is 25.8 Å². The summed E-state index contributed by atoms with van der Waals surface area (Å²) < 4.78 is 28.5. The number of cyclic esters (lactones) is 1. The Hall–Kier alpha value is -3.99. The van der Waals surface area contributed by atoms with Crippen LogP contribution in [-0.4, -0.2) is 84.6 Å². The van der Waals surface area contributed by atoms with E-state index < -0.39 is 35.1 Å². The number of aryl methyl sites for hydroxylation is 2. The van der Waals surface area contributed by atoms with Gasteiger partial charge in [0.1, 0.15) is 18.4 Å². The van der Waals surface area contributed by atoms with E-state index in [9.17, 15) is 24.8 Å². The minimum absolute atomic E-state index is 0.0569.